The first-order valence-electron chi connectivity index (χ1n) is 3.03. The molecule has 0 aliphatic carbocycles. The summed E-state index contributed by atoms with van der Waals surface area (Å²) in [6.45, 7) is 0.498. The van der Waals surface area contributed by atoms with Crippen LogP contribution in [0.1, 0.15) is 0 Å². The Morgan fingerprint density at radius 2 is 2.00 bits per heavy atom. The molecule has 2 fully saturated rings. The summed E-state index contributed by atoms with van der Waals surface area (Å²) in [7, 11) is -3.32. The molecule has 0 amide bonds. The Morgan fingerprint density at radius 1 is 1.30 bits per heavy atom. The van der Waals surface area contributed by atoms with Gasteiger partial charge in [-0.2, -0.15) is 0 Å². The van der Waals surface area contributed by atoms with Crippen molar-refractivity contribution in [3.05, 3.63) is 0 Å². The normalized spacial score (nSPS) is 50.0. The molecule has 0 aromatic heterocycles. The minimum atomic E-state index is -1.73. The molecule has 6 heteroatoms. The maximum Gasteiger partial charge on any atom is 0.277 e. The highest BCUT2D eigenvalue weighted by molar-refractivity contribution is 7.06. The van der Waals surface area contributed by atoms with Gasteiger partial charge in [0.25, 0.3) is 18.1 Å². The molecule has 0 radical (unpaired) electrons. The predicted molar refractivity (Wildman–Crippen MR) is 37.6 cm³/mol. The highest BCUT2D eigenvalue weighted by Crippen LogP contribution is 2.40. The highest BCUT2D eigenvalue weighted by Gasteiger charge is 2.71. The Morgan fingerprint density at radius 3 is 2.30 bits per heavy atom. The molecule has 2 rings (SSSR count). The minimum Gasteiger partial charge on any atom is -0.407 e. The average Bonchev–Trinajstić information content (AvgIpc) is 2.62. The van der Waals surface area contributed by atoms with E-state index < -0.39 is 18.1 Å². The van der Waals surface area contributed by atoms with E-state index in [0.717, 1.165) is 11.8 Å². The molecule has 0 aromatic rings. The summed E-state index contributed by atoms with van der Waals surface area (Å²) < 4.78 is 10.2. The summed E-state index contributed by atoms with van der Waals surface area (Å²) in [6.07, 6.45) is 0. The van der Waals surface area contributed by atoms with Gasteiger partial charge in [-0.05, 0) is 0 Å². The predicted octanol–water partition coefficient (Wildman–Crippen LogP) is -2.14. The van der Waals surface area contributed by atoms with Gasteiger partial charge in [-0.3, -0.25) is 0 Å². The second kappa shape index (κ2) is 1.85. The van der Waals surface area contributed by atoms with Crippen molar-refractivity contribution in [3.8, 4) is 0 Å². The van der Waals surface area contributed by atoms with Crippen LogP contribution in [-0.4, -0.2) is 41.4 Å². The Hall–Kier alpha value is -0.306. The second-order valence-electron chi connectivity index (χ2n) is 2.50. The Kier molecular flexibility index (Phi) is 1.18. The molecular weight excluding hydrogens is 168 g/mol. The quantitative estimate of drug-likeness (QED) is 0.272. The summed E-state index contributed by atoms with van der Waals surface area (Å²) in [5.74, 6) is 1.73. The fourth-order valence-electron chi connectivity index (χ4n) is 1.19. The van der Waals surface area contributed by atoms with Crippen molar-refractivity contribution < 1.29 is 18.4 Å². The van der Waals surface area contributed by atoms with Gasteiger partial charge < -0.3 is 18.4 Å². The third kappa shape index (κ3) is 0.565. The van der Waals surface area contributed by atoms with E-state index >= 15 is 0 Å². The maximum atomic E-state index is 10.3. The Labute approximate surface area is 60.6 Å². The molecule has 10 heavy (non-hydrogen) atoms. The van der Waals surface area contributed by atoms with Gasteiger partial charge in [0.05, 0.1) is 6.61 Å². The van der Waals surface area contributed by atoms with Crippen LogP contribution in [-0.2, 0) is 18.4 Å². The van der Waals surface area contributed by atoms with Crippen molar-refractivity contribution in [2.75, 3.05) is 6.61 Å². The molecule has 2 saturated heterocycles. The first kappa shape index (κ1) is 6.41. The van der Waals surface area contributed by atoms with E-state index in [0.29, 0.717) is 6.61 Å². The van der Waals surface area contributed by atoms with Crippen LogP contribution in [0.5, 0.6) is 0 Å². The van der Waals surface area contributed by atoms with Gasteiger partial charge in [0, 0.05) is 0 Å². The largest absolute Gasteiger partial charge is 0.407 e. The van der Waals surface area contributed by atoms with Crippen LogP contribution in [0.2, 0.25) is 0 Å². The van der Waals surface area contributed by atoms with E-state index in [-0.39, 0.29) is 4.85 Å². The van der Waals surface area contributed by atoms with Crippen molar-refractivity contribution in [1.29, 1.82) is 0 Å². The van der Waals surface area contributed by atoms with Gasteiger partial charge >= 0.3 is 0 Å². The van der Waals surface area contributed by atoms with E-state index in [4.69, 9.17) is 8.85 Å². The molecule has 2 aliphatic rings. The Balaban J connectivity index is 2.07. The van der Waals surface area contributed by atoms with Gasteiger partial charge in [-0.15, -0.1) is 0 Å². The lowest BCUT2D eigenvalue weighted by Gasteiger charge is -2.28. The molecule has 0 aromatic carbocycles. The van der Waals surface area contributed by atoms with Crippen molar-refractivity contribution in [2.24, 2.45) is 0 Å². The highest BCUT2D eigenvalue weighted by atomic mass is 28.4. The van der Waals surface area contributed by atoms with Gasteiger partial charge in [0.2, 0.25) is 0 Å². The lowest BCUT2D eigenvalue weighted by Crippen LogP contribution is -2.57. The van der Waals surface area contributed by atoms with Crippen LogP contribution in [0.4, 0.5) is 0 Å². The van der Waals surface area contributed by atoms with Crippen LogP contribution in [0, 0.1) is 0 Å². The van der Waals surface area contributed by atoms with E-state index in [2.05, 4.69) is 0 Å². The molecule has 0 bridgehead atoms. The summed E-state index contributed by atoms with van der Waals surface area (Å²) >= 11 is 0. The zero-order valence-corrected chi connectivity index (χ0v) is 7.46. The van der Waals surface area contributed by atoms with Crippen LogP contribution in [0.15, 0.2) is 0 Å². The summed E-state index contributed by atoms with van der Waals surface area (Å²) in [4.78, 5) is 20.2. The van der Waals surface area contributed by atoms with Crippen LogP contribution in [0.25, 0.3) is 0 Å². The smallest absolute Gasteiger partial charge is 0.277 e. The first-order chi connectivity index (χ1) is 4.83. The van der Waals surface area contributed by atoms with E-state index in [9.17, 15) is 9.59 Å². The molecule has 0 N–H and O–H groups in total. The molecular formula is C4H6O4Si2. The molecule has 4 nitrogen and oxygen atoms in total. The summed E-state index contributed by atoms with van der Waals surface area (Å²) in [6, 6.07) is 0. The molecule has 54 valence electrons. The topological polar surface area (TPSA) is 55.9 Å². The van der Waals surface area contributed by atoms with Gasteiger partial charge in [0.15, 0.2) is 0 Å². The maximum absolute atomic E-state index is 10.3. The third-order valence-corrected chi connectivity index (χ3v) is 8.23. The first-order valence-corrected chi connectivity index (χ1v) is 6.46. The van der Waals surface area contributed by atoms with Crippen molar-refractivity contribution >= 4 is 29.9 Å². The zero-order chi connectivity index (χ0) is 7.19. The van der Waals surface area contributed by atoms with Gasteiger partial charge in [-0.1, -0.05) is 0 Å². The SMILES string of the molecule is O=C[SiH]1OCC12O[SiH]2C=O. The van der Waals surface area contributed by atoms with E-state index in [1.165, 1.54) is 0 Å². The fourth-order valence-corrected chi connectivity index (χ4v) is 6.66. The Bertz CT molecular complexity index is 196. The molecule has 3 unspecified atom stereocenters. The monoisotopic (exact) mass is 174 g/mol. The number of hydrogen-bond donors (Lipinski definition) is 0. The fraction of sp³-hybridized carbons (Fsp3) is 0.500. The molecule has 2 aliphatic heterocycles. The average molecular weight is 174 g/mol. The van der Waals surface area contributed by atoms with Crippen LogP contribution < -0.4 is 0 Å². The van der Waals surface area contributed by atoms with Gasteiger partial charge in [0.1, 0.15) is 16.7 Å². The molecule has 3 atom stereocenters. The zero-order valence-electron chi connectivity index (χ0n) is 5.15. The lowest BCUT2D eigenvalue weighted by molar-refractivity contribution is 0.158. The summed E-state index contributed by atoms with van der Waals surface area (Å²) in [5.41, 5.74) is 0. The third-order valence-electron chi connectivity index (χ3n) is 1.99. The van der Waals surface area contributed by atoms with E-state index in [1.807, 2.05) is 0 Å². The molecule has 0 saturated carbocycles. The van der Waals surface area contributed by atoms with Crippen LogP contribution >= 0.6 is 0 Å². The molecule has 1 spiro atoms. The number of carbonyl (C=O) groups excluding carboxylic acids is 2. The van der Waals surface area contributed by atoms with Crippen molar-refractivity contribution in [2.45, 2.75) is 4.85 Å². The van der Waals surface area contributed by atoms with Crippen molar-refractivity contribution in [1.82, 2.24) is 0 Å². The number of carbonyl (C=O) groups is 2. The lowest BCUT2D eigenvalue weighted by atomic mass is 10.8. The van der Waals surface area contributed by atoms with Crippen molar-refractivity contribution in [3.63, 3.8) is 0 Å². The minimum absolute atomic E-state index is 0.274. The van der Waals surface area contributed by atoms with E-state index in [1.54, 1.807) is 0 Å². The second-order valence-corrected chi connectivity index (χ2v) is 7.91. The standard InChI is InChI=1S/C4H6O4Si2/c5-2-9-4(1-7-9)8-10(4)3-6/h2-3,9-10H,1H2. The number of hydrogen-bond acceptors (Lipinski definition) is 4. The molecule has 2 heterocycles. The summed E-state index contributed by atoms with van der Waals surface area (Å²) in [5, 5.41) is 0. The van der Waals surface area contributed by atoms with Crippen LogP contribution in [0.3, 0.4) is 0 Å². The van der Waals surface area contributed by atoms with Gasteiger partial charge in [-0.25, -0.2) is 0 Å². The number of rotatable bonds is 2.